The molecule has 0 aromatic carbocycles. The van der Waals surface area contributed by atoms with Crippen LogP contribution >= 0.6 is 0 Å². The Bertz CT molecular complexity index is 90.7. The zero-order valence-electron chi connectivity index (χ0n) is 6.19. The highest BCUT2D eigenvalue weighted by atomic mass is 14.7. The van der Waals surface area contributed by atoms with Crippen molar-refractivity contribution in [3.8, 4) is 0 Å². The molecule has 0 unspecified atom stereocenters. The normalized spacial score (nSPS) is 8.56. The van der Waals surface area contributed by atoms with Gasteiger partial charge in [-0.1, -0.05) is 26.2 Å². The van der Waals surface area contributed by atoms with Gasteiger partial charge in [-0.3, -0.25) is 0 Å². The Morgan fingerprint density at radius 3 is 2.67 bits per heavy atom. The van der Waals surface area contributed by atoms with Gasteiger partial charge in [-0.15, -0.1) is 0 Å². The minimum atomic E-state index is 0.906. The van der Waals surface area contributed by atoms with Crippen LogP contribution in [0.2, 0.25) is 0 Å². The summed E-state index contributed by atoms with van der Waals surface area (Å²) in [5, 5.41) is 0. The van der Waals surface area contributed by atoms with Gasteiger partial charge in [0.15, 0.2) is 0 Å². The smallest absolute Gasteiger partial charge is 0.0483 e. The first-order chi connectivity index (χ1) is 4.41. The van der Waals surface area contributed by atoms with Crippen molar-refractivity contribution in [1.29, 1.82) is 0 Å². The molecule has 52 valence electrons. The van der Waals surface area contributed by atoms with E-state index in [1.807, 2.05) is 0 Å². The van der Waals surface area contributed by atoms with Gasteiger partial charge in [0, 0.05) is 6.54 Å². The summed E-state index contributed by atoms with van der Waals surface area (Å²) < 4.78 is 0. The lowest BCUT2D eigenvalue weighted by Gasteiger charge is -1.91. The average Bonchev–Trinajstić information content (AvgIpc) is 1.89. The Morgan fingerprint density at radius 2 is 2.11 bits per heavy atom. The van der Waals surface area contributed by atoms with E-state index in [-0.39, 0.29) is 0 Å². The molecule has 0 saturated heterocycles. The molecule has 0 bridgehead atoms. The minimum Gasteiger partial charge on any atom is -0.244 e. The van der Waals surface area contributed by atoms with Crippen molar-refractivity contribution in [2.75, 3.05) is 6.54 Å². The van der Waals surface area contributed by atoms with Crippen LogP contribution in [-0.4, -0.2) is 12.4 Å². The third-order valence-corrected chi connectivity index (χ3v) is 1.24. The molecule has 0 N–H and O–H groups in total. The number of aliphatic imine (C=N–C) groups is 1. The molecule has 0 saturated carbocycles. The molecule has 1 nitrogen and oxygen atoms in total. The van der Waals surface area contributed by atoms with Gasteiger partial charge in [0.05, 0.1) is 0 Å². The van der Waals surface area contributed by atoms with E-state index in [0.29, 0.717) is 0 Å². The second-order valence-corrected chi connectivity index (χ2v) is 2.10. The summed E-state index contributed by atoms with van der Waals surface area (Å²) in [7, 11) is 0. The maximum atomic E-state index is 3.88. The third-order valence-electron chi connectivity index (χ3n) is 1.24. The molecule has 9 heavy (non-hydrogen) atoms. The molecule has 0 spiro atoms. The maximum absolute atomic E-state index is 3.88. The van der Waals surface area contributed by atoms with Crippen molar-refractivity contribution < 1.29 is 0 Å². The van der Waals surface area contributed by atoms with E-state index < -0.39 is 0 Å². The first kappa shape index (κ1) is 8.45. The number of nitrogens with zero attached hydrogens (tertiary/aromatic N) is 1. The molecular weight excluding hydrogens is 110 g/mol. The lowest BCUT2D eigenvalue weighted by Crippen LogP contribution is -1.79. The van der Waals surface area contributed by atoms with E-state index in [2.05, 4.69) is 24.4 Å². The van der Waals surface area contributed by atoms with Crippen LogP contribution in [0.4, 0.5) is 0 Å². The lowest BCUT2D eigenvalue weighted by molar-refractivity contribution is 0.676. The molecule has 0 aliphatic heterocycles. The van der Waals surface area contributed by atoms with E-state index in [9.17, 15) is 0 Å². The summed E-state index contributed by atoms with van der Waals surface area (Å²) in [6.07, 6.45) is 5.10. The van der Waals surface area contributed by atoms with E-state index in [1.54, 1.807) is 0 Å². The molecule has 0 fully saturated rings. The average molecular weight is 125 g/mol. The number of hydrogen-bond acceptors (Lipinski definition) is 1. The molecule has 0 rings (SSSR count). The Kier molecular flexibility index (Phi) is 6.99. The highest BCUT2D eigenvalue weighted by molar-refractivity contribution is 5.46. The van der Waals surface area contributed by atoms with Gasteiger partial charge in [-0.2, -0.15) is 0 Å². The number of rotatable bonds is 5. The standard InChI is InChI=1S/C8H15N/c1-3-5-6-7-8-9-4-2/h2-3,5-8H2,1H3. The van der Waals surface area contributed by atoms with Crippen LogP contribution in [0.3, 0.4) is 0 Å². The lowest BCUT2D eigenvalue weighted by atomic mass is 10.2. The fraction of sp³-hybridized carbons (Fsp3) is 0.750. The molecule has 1 heteroatoms. The van der Waals surface area contributed by atoms with Gasteiger partial charge in [-0.25, -0.2) is 4.99 Å². The van der Waals surface area contributed by atoms with Gasteiger partial charge in [0.25, 0.3) is 0 Å². The van der Waals surface area contributed by atoms with Crippen LogP contribution in [0.5, 0.6) is 0 Å². The Hall–Kier alpha value is -0.550. The Labute approximate surface area is 57.5 Å². The number of unbranched alkanes of at least 4 members (excludes halogenated alkanes) is 3. The van der Waals surface area contributed by atoms with Gasteiger partial charge in [-0.05, 0) is 18.9 Å². The van der Waals surface area contributed by atoms with Gasteiger partial charge in [0.1, 0.15) is 0 Å². The fourth-order valence-corrected chi connectivity index (χ4v) is 0.697. The quantitative estimate of drug-likeness (QED) is 0.395. The molecular formula is C8H15N. The molecule has 0 atom stereocenters. The van der Waals surface area contributed by atoms with Crippen molar-refractivity contribution >= 4 is 5.87 Å². The zero-order chi connectivity index (χ0) is 6.95. The van der Waals surface area contributed by atoms with Gasteiger partial charge in [0.2, 0.25) is 0 Å². The largest absolute Gasteiger partial charge is 0.244 e. The van der Waals surface area contributed by atoms with Crippen LogP contribution in [0.15, 0.2) is 11.6 Å². The van der Waals surface area contributed by atoms with E-state index in [1.165, 1.54) is 25.7 Å². The Balaban J connectivity index is 2.82. The van der Waals surface area contributed by atoms with Crippen molar-refractivity contribution in [1.82, 2.24) is 0 Å². The van der Waals surface area contributed by atoms with Crippen LogP contribution in [0, 0.1) is 0 Å². The topological polar surface area (TPSA) is 12.4 Å². The first-order valence-corrected chi connectivity index (χ1v) is 3.60. The second kappa shape index (κ2) is 7.45. The first-order valence-electron chi connectivity index (χ1n) is 3.60. The predicted molar refractivity (Wildman–Crippen MR) is 42.1 cm³/mol. The van der Waals surface area contributed by atoms with Gasteiger partial charge < -0.3 is 0 Å². The van der Waals surface area contributed by atoms with Crippen molar-refractivity contribution in [2.24, 2.45) is 4.99 Å². The van der Waals surface area contributed by atoms with Crippen LogP contribution in [0.25, 0.3) is 0 Å². The minimum absolute atomic E-state index is 0.906. The third kappa shape index (κ3) is 7.45. The van der Waals surface area contributed by atoms with Crippen LogP contribution < -0.4 is 0 Å². The van der Waals surface area contributed by atoms with Crippen molar-refractivity contribution in [2.45, 2.75) is 32.6 Å². The molecule has 0 amide bonds. The highest BCUT2D eigenvalue weighted by Gasteiger charge is 1.82. The highest BCUT2D eigenvalue weighted by Crippen LogP contribution is 1.97. The molecule has 0 aliphatic carbocycles. The summed E-state index contributed by atoms with van der Waals surface area (Å²) >= 11 is 0. The van der Waals surface area contributed by atoms with Crippen LogP contribution in [-0.2, 0) is 0 Å². The van der Waals surface area contributed by atoms with E-state index in [0.717, 1.165) is 6.54 Å². The molecule has 0 aromatic rings. The summed E-state index contributed by atoms with van der Waals surface area (Å²) in [6, 6.07) is 0. The van der Waals surface area contributed by atoms with E-state index >= 15 is 0 Å². The molecule has 0 aromatic heterocycles. The van der Waals surface area contributed by atoms with Crippen molar-refractivity contribution in [3.05, 3.63) is 6.58 Å². The molecule has 0 aliphatic rings. The predicted octanol–water partition coefficient (Wildman–Crippen LogP) is 2.42. The zero-order valence-corrected chi connectivity index (χ0v) is 6.19. The monoisotopic (exact) mass is 125 g/mol. The number of hydrogen-bond donors (Lipinski definition) is 0. The molecule has 0 heterocycles. The summed E-state index contributed by atoms with van der Waals surface area (Å²) in [5.74, 6) is 2.52. The van der Waals surface area contributed by atoms with E-state index in [4.69, 9.17) is 0 Å². The van der Waals surface area contributed by atoms with Crippen LogP contribution in [0.1, 0.15) is 32.6 Å². The molecule has 0 radical (unpaired) electrons. The summed E-state index contributed by atoms with van der Waals surface area (Å²) in [6.45, 7) is 6.50. The second-order valence-electron chi connectivity index (χ2n) is 2.10. The fourth-order valence-electron chi connectivity index (χ4n) is 0.697. The maximum Gasteiger partial charge on any atom is 0.0483 e. The summed E-state index contributed by atoms with van der Waals surface area (Å²) in [5.41, 5.74) is 0. The Morgan fingerprint density at radius 1 is 1.33 bits per heavy atom. The summed E-state index contributed by atoms with van der Waals surface area (Å²) in [4.78, 5) is 3.88. The van der Waals surface area contributed by atoms with Gasteiger partial charge >= 0.3 is 0 Å². The van der Waals surface area contributed by atoms with Crippen molar-refractivity contribution in [3.63, 3.8) is 0 Å². The SMILES string of the molecule is C=C=NCCCCCC.